The lowest BCUT2D eigenvalue weighted by atomic mass is 9.98. The van der Waals surface area contributed by atoms with E-state index in [0.717, 1.165) is 12.0 Å². The Morgan fingerprint density at radius 1 is 1.31 bits per heavy atom. The lowest BCUT2D eigenvalue weighted by Gasteiger charge is -2.23. The van der Waals surface area contributed by atoms with E-state index in [1.165, 1.54) is 6.33 Å². The van der Waals surface area contributed by atoms with E-state index < -0.39 is 6.04 Å². The summed E-state index contributed by atoms with van der Waals surface area (Å²) >= 11 is 12.1. The van der Waals surface area contributed by atoms with Gasteiger partial charge in [-0.1, -0.05) is 55.6 Å². The molecule has 1 aromatic carbocycles. The van der Waals surface area contributed by atoms with E-state index in [4.69, 9.17) is 23.2 Å². The Balaban J connectivity index is 1.99. The lowest BCUT2D eigenvalue weighted by Crippen LogP contribution is -2.50. The lowest BCUT2D eigenvalue weighted by molar-refractivity contribution is -0.130. The summed E-state index contributed by atoms with van der Waals surface area (Å²) in [7, 11) is 0. The second kappa shape index (κ2) is 9.59. The molecule has 2 atom stereocenters. The van der Waals surface area contributed by atoms with Crippen molar-refractivity contribution >= 4 is 35.0 Å². The molecule has 8 heteroatoms. The fourth-order valence-electron chi connectivity index (χ4n) is 2.46. The van der Waals surface area contributed by atoms with Gasteiger partial charge < -0.3 is 15.6 Å². The van der Waals surface area contributed by atoms with Crippen LogP contribution < -0.4 is 10.6 Å². The molecule has 2 aromatic rings. The minimum atomic E-state index is -0.631. The van der Waals surface area contributed by atoms with Crippen molar-refractivity contribution in [3.63, 3.8) is 0 Å². The fraction of sp³-hybridized carbons (Fsp3) is 0.389. The molecule has 0 fully saturated rings. The van der Waals surface area contributed by atoms with Crippen LogP contribution in [0.1, 0.15) is 31.5 Å². The Morgan fingerprint density at radius 3 is 2.73 bits per heavy atom. The number of amides is 2. The van der Waals surface area contributed by atoms with Gasteiger partial charge in [0, 0.05) is 18.4 Å². The molecule has 6 nitrogen and oxygen atoms in total. The second-order valence-electron chi connectivity index (χ2n) is 6.12. The third-order valence-corrected chi connectivity index (χ3v) is 5.06. The predicted octanol–water partition coefficient (Wildman–Crippen LogP) is 3.11. The predicted molar refractivity (Wildman–Crippen MR) is 102 cm³/mol. The number of hydrogen-bond acceptors (Lipinski definition) is 3. The van der Waals surface area contributed by atoms with Gasteiger partial charge in [-0.25, -0.2) is 4.98 Å². The molecule has 0 unspecified atom stereocenters. The zero-order chi connectivity index (χ0) is 19.1. The SMILES string of the molecule is CC[C@H](C)[C@H](NC(=O)Cc1cnc[nH]1)C(=O)NCc1cccc(Cl)c1Cl. The summed E-state index contributed by atoms with van der Waals surface area (Å²) in [6, 6.07) is 4.62. The van der Waals surface area contributed by atoms with Crippen LogP contribution in [0, 0.1) is 5.92 Å². The molecule has 0 aliphatic carbocycles. The van der Waals surface area contributed by atoms with E-state index in [1.807, 2.05) is 13.8 Å². The minimum absolute atomic E-state index is 0.0180. The molecule has 0 bridgehead atoms. The number of halogens is 2. The summed E-state index contributed by atoms with van der Waals surface area (Å²) < 4.78 is 0. The van der Waals surface area contributed by atoms with Gasteiger partial charge in [0.05, 0.1) is 22.8 Å². The van der Waals surface area contributed by atoms with Gasteiger partial charge in [0.25, 0.3) is 0 Å². The van der Waals surface area contributed by atoms with Gasteiger partial charge in [0.1, 0.15) is 6.04 Å². The van der Waals surface area contributed by atoms with Crippen molar-refractivity contribution in [1.82, 2.24) is 20.6 Å². The Morgan fingerprint density at radius 2 is 2.08 bits per heavy atom. The first-order valence-corrected chi connectivity index (χ1v) is 9.15. The van der Waals surface area contributed by atoms with Crippen LogP contribution in [0.15, 0.2) is 30.7 Å². The number of H-pyrrole nitrogens is 1. The monoisotopic (exact) mass is 396 g/mol. The first-order chi connectivity index (χ1) is 12.4. The molecule has 1 heterocycles. The van der Waals surface area contributed by atoms with Gasteiger partial charge in [-0.2, -0.15) is 0 Å². The van der Waals surface area contributed by atoms with E-state index in [2.05, 4.69) is 20.6 Å². The molecule has 26 heavy (non-hydrogen) atoms. The number of nitrogens with zero attached hydrogens (tertiary/aromatic N) is 1. The van der Waals surface area contributed by atoms with E-state index in [9.17, 15) is 9.59 Å². The van der Waals surface area contributed by atoms with Crippen molar-refractivity contribution < 1.29 is 9.59 Å². The third kappa shape index (κ3) is 5.47. The van der Waals surface area contributed by atoms with Gasteiger partial charge in [0.2, 0.25) is 11.8 Å². The van der Waals surface area contributed by atoms with Crippen molar-refractivity contribution in [3.8, 4) is 0 Å². The van der Waals surface area contributed by atoms with Gasteiger partial charge in [-0.15, -0.1) is 0 Å². The van der Waals surface area contributed by atoms with Crippen LogP contribution in [0.2, 0.25) is 10.0 Å². The molecule has 1 aromatic heterocycles. The molecule has 0 saturated heterocycles. The molecular weight excluding hydrogens is 375 g/mol. The maximum absolute atomic E-state index is 12.6. The summed E-state index contributed by atoms with van der Waals surface area (Å²) in [6.45, 7) is 4.13. The van der Waals surface area contributed by atoms with Crippen molar-refractivity contribution in [2.45, 2.75) is 39.3 Å². The van der Waals surface area contributed by atoms with Crippen LogP contribution in [0.3, 0.4) is 0 Å². The number of imidazole rings is 1. The Bertz CT molecular complexity index is 750. The van der Waals surface area contributed by atoms with E-state index in [-0.39, 0.29) is 30.7 Å². The van der Waals surface area contributed by atoms with Gasteiger partial charge in [-0.3, -0.25) is 9.59 Å². The first-order valence-electron chi connectivity index (χ1n) is 8.39. The van der Waals surface area contributed by atoms with Crippen LogP contribution in [0.5, 0.6) is 0 Å². The first kappa shape index (κ1) is 20.3. The number of nitrogens with one attached hydrogen (secondary N) is 3. The van der Waals surface area contributed by atoms with E-state index >= 15 is 0 Å². The molecule has 0 radical (unpaired) electrons. The fourth-order valence-corrected chi connectivity index (χ4v) is 2.84. The molecular formula is C18H22Cl2N4O2. The van der Waals surface area contributed by atoms with E-state index in [1.54, 1.807) is 24.4 Å². The number of carbonyl (C=O) groups is 2. The summed E-state index contributed by atoms with van der Waals surface area (Å²) in [5.74, 6) is -0.514. The van der Waals surface area contributed by atoms with Gasteiger partial charge >= 0.3 is 0 Å². The highest BCUT2D eigenvalue weighted by Gasteiger charge is 2.26. The van der Waals surface area contributed by atoms with Crippen LogP contribution in [-0.4, -0.2) is 27.8 Å². The maximum Gasteiger partial charge on any atom is 0.243 e. The van der Waals surface area contributed by atoms with Crippen molar-refractivity contribution in [2.75, 3.05) is 0 Å². The van der Waals surface area contributed by atoms with Crippen molar-refractivity contribution in [1.29, 1.82) is 0 Å². The number of benzene rings is 1. The molecule has 3 N–H and O–H groups in total. The van der Waals surface area contributed by atoms with Gasteiger partial charge in [-0.05, 0) is 17.5 Å². The van der Waals surface area contributed by atoms with Crippen LogP contribution in [0.25, 0.3) is 0 Å². The topological polar surface area (TPSA) is 86.9 Å². The quantitative estimate of drug-likeness (QED) is 0.640. The zero-order valence-electron chi connectivity index (χ0n) is 14.7. The summed E-state index contributed by atoms with van der Waals surface area (Å²) in [5.41, 5.74) is 1.41. The van der Waals surface area contributed by atoms with Crippen LogP contribution >= 0.6 is 23.2 Å². The highest BCUT2D eigenvalue weighted by atomic mass is 35.5. The molecule has 0 spiro atoms. The average Bonchev–Trinajstić information content (AvgIpc) is 3.13. The zero-order valence-corrected chi connectivity index (χ0v) is 16.2. The number of aromatic nitrogens is 2. The van der Waals surface area contributed by atoms with E-state index in [0.29, 0.717) is 15.7 Å². The normalized spacial score (nSPS) is 13.1. The Hall–Kier alpha value is -2.05. The number of rotatable bonds is 8. The summed E-state index contributed by atoms with van der Waals surface area (Å²) in [6.07, 6.45) is 3.98. The van der Waals surface area contributed by atoms with Crippen molar-refractivity contribution in [2.24, 2.45) is 5.92 Å². The van der Waals surface area contributed by atoms with Gasteiger partial charge in [0.15, 0.2) is 0 Å². The largest absolute Gasteiger partial charge is 0.350 e. The second-order valence-corrected chi connectivity index (χ2v) is 6.90. The molecule has 2 rings (SSSR count). The molecule has 0 aliphatic rings. The average molecular weight is 397 g/mol. The van der Waals surface area contributed by atoms with Crippen LogP contribution in [0.4, 0.5) is 0 Å². The summed E-state index contributed by atoms with van der Waals surface area (Å²) in [4.78, 5) is 31.6. The number of hydrogen-bond donors (Lipinski definition) is 3. The Kier molecular flexibility index (Phi) is 7.48. The number of carbonyl (C=O) groups excluding carboxylic acids is 2. The van der Waals surface area contributed by atoms with Crippen LogP contribution in [-0.2, 0) is 22.6 Å². The smallest absolute Gasteiger partial charge is 0.243 e. The maximum atomic E-state index is 12.6. The minimum Gasteiger partial charge on any atom is -0.350 e. The molecule has 140 valence electrons. The molecule has 2 amide bonds. The standard InChI is InChI=1S/C18H22Cl2N4O2/c1-3-11(2)17(24-15(25)7-13-9-21-10-23-13)18(26)22-8-12-5-4-6-14(19)16(12)20/h4-6,9-11,17H,3,7-8H2,1-2H3,(H,21,23)(H,22,26)(H,24,25)/t11-,17-/m0/s1. The third-order valence-electron chi connectivity index (χ3n) is 4.20. The number of aromatic amines is 1. The van der Waals surface area contributed by atoms with Crippen molar-refractivity contribution in [3.05, 3.63) is 52.0 Å². The molecule has 0 saturated carbocycles. The molecule has 0 aliphatic heterocycles. The Labute approximate surface area is 162 Å². The summed E-state index contributed by atoms with van der Waals surface area (Å²) in [5, 5.41) is 6.49. The highest BCUT2D eigenvalue weighted by Crippen LogP contribution is 2.25. The highest BCUT2D eigenvalue weighted by molar-refractivity contribution is 6.42.